The lowest BCUT2D eigenvalue weighted by molar-refractivity contribution is 0.0954. The second-order valence-corrected chi connectivity index (χ2v) is 11.2. The summed E-state index contributed by atoms with van der Waals surface area (Å²) < 4.78 is 61.1. The van der Waals surface area contributed by atoms with E-state index in [9.17, 15) is 26.0 Å². The molecule has 150 valence electrons. The summed E-state index contributed by atoms with van der Waals surface area (Å²) in [5.74, 6) is -1.15. The van der Waals surface area contributed by atoms with E-state index < -0.39 is 24.9 Å². The Morgan fingerprint density at radius 3 is 2.29 bits per heavy atom. The Kier molecular flexibility index (Phi) is 5.85. The fourth-order valence-electron chi connectivity index (χ4n) is 3.07. The van der Waals surface area contributed by atoms with Gasteiger partial charge in [-0.3, -0.25) is 4.79 Å². The number of halogens is 1. The van der Waals surface area contributed by atoms with Crippen molar-refractivity contribution in [2.24, 2.45) is 0 Å². The number of nitrogens with one attached hydrogen (secondary N) is 1. The molecule has 0 bridgehead atoms. The number of amides is 1. The monoisotopic (exact) mass is 425 g/mol. The maximum atomic E-state index is 12.9. The van der Waals surface area contributed by atoms with Crippen LogP contribution in [0.2, 0.25) is 0 Å². The third kappa shape index (κ3) is 4.77. The van der Waals surface area contributed by atoms with Gasteiger partial charge in [-0.25, -0.2) is 21.2 Å². The van der Waals surface area contributed by atoms with E-state index in [4.69, 9.17) is 0 Å². The molecule has 0 spiro atoms. The highest BCUT2D eigenvalue weighted by atomic mass is 32.2. The molecule has 0 saturated carbocycles. The van der Waals surface area contributed by atoms with E-state index in [0.29, 0.717) is 18.5 Å². The van der Waals surface area contributed by atoms with Crippen molar-refractivity contribution in [3.05, 3.63) is 65.5 Å². The Hall–Kier alpha value is -2.26. The van der Waals surface area contributed by atoms with Crippen LogP contribution in [0.4, 0.5) is 4.39 Å². The molecule has 1 N–H and O–H groups in total. The molecule has 0 aromatic heterocycles. The van der Waals surface area contributed by atoms with Crippen LogP contribution in [-0.2, 0) is 26.1 Å². The molecule has 2 aromatic carbocycles. The third-order valence-corrected chi connectivity index (χ3v) is 8.88. The highest BCUT2D eigenvalue weighted by molar-refractivity contribution is 7.96. The van der Waals surface area contributed by atoms with E-state index in [1.54, 1.807) is 12.1 Å². The molecular formula is C19H20FNO5S2. The van der Waals surface area contributed by atoms with E-state index in [1.807, 2.05) is 0 Å². The molecule has 1 atom stereocenters. The number of hydrogen-bond acceptors (Lipinski definition) is 5. The molecule has 2 aromatic rings. The Bertz CT molecular complexity index is 1060. The molecule has 28 heavy (non-hydrogen) atoms. The molecule has 6 nitrogen and oxygen atoms in total. The van der Waals surface area contributed by atoms with Crippen LogP contribution in [0.5, 0.6) is 0 Å². The first kappa shape index (κ1) is 20.5. The van der Waals surface area contributed by atoms with Gasteiger partial charge in [0.05, 0.1) is 21.7 Å². The van der Waals surface area contributed by atoms with Crippen molar-refractivity contribution in [1.29, 1.82) is 0 Å². The number of benzene rings is 2. The SMILES string of the molecule is O=C(NCCc1ccc(F)cc1)c1ccc(S(=O)(=O)[C@@H]2CCS(=O)(=O)C2)cc1. The van der Waals surface area contributed by atoms with Gasteiger partial charge >= 0.3 is 0 Å². The maximum absolute atomic E-state index is 12.9. The average molecular weight is 426 g/mol. The lowest BCUT2D eigenvalue weighted by Crippen LogP contribution is -2.26. The van der Waals surface area contributed by atoms with Gasteiger partial charge in [0.1, 0.15) is 5.82 Å². The Morgan fingerprint density at radius 1 is 1.07 bits per heavy atom. The van der Waals surface area contributed by atoms with Gasteiger partial charge in [0, 0.05) is 12.1 Å². The van der Waals surface area contributed by atoms with Gasteiger partial charge in [0.15, 0.2) is 19.7 Å². The predicted octanol–water partition coefficient (Wildman–Crippen LogP) is 1.76. The van der Waals surface area contributed by atoms with Gasteiger partial charge in [-0.2, -0.15) is 0 Å². The van der Waals surface area contributed by atoms with Gasteiger partial charge < -0.3 is 5.32 Å². The van der Waals surface area contributed by atoms with Crippen molar-refractivity contribution in [3.8, 4) is 0 Å². The van der Waals surface area contributed by atoms with E-state index in [2.05, 4.69) is 5.32 Å². The summed E-state index contributed by atoms with van der Waals surface area (Å²) in [6, 6.07) is 11.5. The van der Waals surface area contributed by atoms with Crippen LogP contribution in [-0.4, -0.2) is 46.0 Å². The van der Waals surface area contributed by atoms with Crippen LogP contribution in [0.1, 0.15) is 22.3 Å². The molecule has 1 saturated heterocycles. The smallest absolute Gasteiger partial charge is 0.251 e. The van der Waals surface area contributed by atoms with Crippen LogP contribution >= 0.6 is 0 Å². The highest BCUT2D eigenvalue weighted by Crippen LogP contribution is 2.25. The Labute approximate surface area is 163 Å². The van der Waals surface area contributed by atoms with Crippen LogP contribution in [0.3, 0.4) is 0 Å². The van der Waals surface area contributed by atoms with Gasteiger partial charge in [0.25, 0.3) is 5.91 Å². The van der Waals surface area contributed by atoms with E-state index in [0.717, 1.165) is 5.56 Å². The van der Waals surface area contributed by atoms with E-state index in [-0.39, 0.29) is 34.5 Å². The lowest BCUT2D eigenvalue weighted by Gasteiger charge is -2.11. The maximum Gasteiger partial charge on any atom is 0.251 e. The quantitative estimate of drug-likeness (QED) is 0.761. The summed E-state index contributed by atoms with van der Waals surface area (Å²) in [5.41, 5.74) is 1.19. The predicted molar refractivity (Wildman–Crippen MR) is 103 cm³/mol. The first-order chi connectivity index (χ1) is 13.2. The molecule has 3 rings (SSSR count). The molecule has 0 unspecified atom stereocenters. The van der Waals surface area contributed by atoms with Crippen LogP contribution in [0.15, 0.2) is 53.4 Å². The zero-order valence-corrected chi connectivity index (χ0v) is 16.6. The summed E-state index contributed by atoms with van der Waals surface area (Å²) >= 11 is 0. The zero-order valence-electron chi connectivity index (χ0n) is 15.0. The molecule has 1 heterocycles. The fraction of sp³-hybridized carbons (Fsp3) is 0.316. The molecule has 0 radical (unpaired) electrons. The molecular weight excluding hydrogens is 405 g/mol. The van der Waals surface area contributed by atoms with Crippen molar-refractivity contribution in [2.75, 3.05) is 18.1 Å². The van der Waals surface area contributed by atoms with Crippen LogP contribution < -0.4 is 5.32 Å². The summed E-state index contributed by atoms with van der Waals surface area (Å²) in [6.45, 7) is 0.352. The molecule has 1 aliphatic rings. The second kappa shape index (κ2) is 8.00. The second-order valence-electron chi connectivity index (χ2n) is 6.73. The van der Waals surface area contributed by atoms with E-state index in [1.165, 1.54) is 36.4 Å². The molecule has 1 fully saturated rings. The minimum Gasteiger partial charge on any atom is -0.352 e. The van der Waals surface area contributed by atoms with E-state index >= 15 is 0 Å². The zero-order chi connectivity index (χ0) is 20.4. The topological polar surface area (TPSA) is 97.4 Å². The molecule has 0 aliphatic carbocycles. The average Bonchev–Trinajstić information content (AvgIpc) is 3.04. The summed E-state index contributed by atoms with van der Waals surface area (Å²) in [4.78, 5) is 12.2. The number of carbonyl (C=O) groups is 1. The van der Waals surface area contributed by atoms with Crippen molar-refractivity contribution in [3.63, 3.8) is 0 Å². The number of carbonyl (C=O) groups excluding carboxylic acids is 1. The summed E-state index contributed by atoms with van der Waals surface area (Å²) in [7, 11) is -7.06. The third-order valence-electron chi connectivity index (χ3n) is 4.69. The van der Waals surface area contributed by atoms with Crippen molar-refractivity contribution in [2.45, 2.75) is 23.0 Å². The fourth-order valence-corrected chi connectivity index (χ4v) is 7.43. The first-order valence-electron chi connectivity index (χ1n) is 8.74. The lowest BCUT2D eigenvalue weighted by atomic mass is 10.1. The standard InChI is InChI=1S/C19H20FNO5S2/c20-16-5-1-14(2-6-16)9-11-21-19(22)15-3-7-17(8-4-15)28(25,26)18-10-12-27(23,24)13-18/h1-8,18H,9-13H2,(H,21,22)/t18-/m1/s1. The van der Waals surface area contributed by atoms with Crippen molar-refractivity contribution < 1.29 is 26.0 Å². The first-order valence-corrected chi connectivity index (χ1v) is 12.1. The normalized spacial score (nSPS) is 18.7. The number of rotatable bonds is 6. The molecule has 1 aliphatic heterocycles. The molecule has 9 heteroatoms. The van der Waals surface area contributed by atoms with Gasteiger partial charge in [-0.1, -0.05) is 12.1 Å². The largest absolute Gasteiger partial charge is 0.352 e. The summed E-state index contributed by atoms with van der Waals surface area (Å²) in [5, 5.41) is 1.79. The molecule has 1 amide bonds. The van der Waals surface area contributed by atoms with Crippen molar-refractivity contribution in [1.82, 2.24) is 5.32 Å². The van der Waals surface area contributed by atoms with Gasteiger partial charge in [0.2, 0.25) is 0 Å². The highest BCUT2D eigenvalue weighted by Gasteiger charge is 2.37. The van der Waals surface area contributed by atoms with Crippen LogP contribution in [0.25, 0.3) is 0 Å². The number of hydrogen-bond donors (Lipinski definition) is 1. The van der Waals surface area contributed by atoms with Crippen LogP contribution in [0, 0.1) is 5.82 Å². The minimum atomic E-state index is -3.75. The Morgan fingerprint density at radius 2 is 1.71 bits per heavy atom. The van der Waals surface area contributed by atoms with Crippen molar-refractivity contribution >= 4 is 25.6 Å². The number of sulfone groups is 2. The minimum absolute atomic E-state index is 0.0115. The van der Waals surface area contributed by atoms with Gasteiger partial charge in [-0.15, -0.1) is 0 Å². The Balaban J connectivity index is 1.60. The van der Waals surface area contributed by atoms with Gasteiger partial charge in [-0.05, 0) is 54.8 Å². The summed E-state index contributed by atoms with van der Waals surface area (Å²) in [6.07, 6.45) is 0.630.